The van der Waals surface area contributed by atoms with Crippen LogP contribution in [0.3, 0.4) is 0 Å². The molecule has 0 N–H and O–H groups in total. The predicted molar refractivity (Wildman–Crippen MR) is 64.1 cm³/mol. The molecule has 0 aliphatic rings. The standard InChI is InChI=1S/C11H17BrN2O/c1-3-5-6-7-15-11-8-9(12)13-10(4-2)14-11/h8H,3-7H2,1-2H3. The van der Waals surface area contributed by atoms with Gasteiger partial charge >= 0.3 is 0 Å². The summed E-state index contributed by atoms with van der Waals surface area (Å²) in [7, 11) is 0. The predicted octanol–water partition coefficient (Wildman–Crippen LogP) is 3.37. The van der Waals surface area contributed by atoms with E-state index in [1.54, 1.807) is 0 Å². The number of ether oxygens (including phenoxy) is 1. The molecule has 15 heavy (non-hydrogen) atoms. The molecule has 0 radical (unpaired) electrons. The number of hydrogen-bond acceptors (Lipinski definition) is 3. The van der Waals surface area contributed by atoms with Gasteiger partial charge in [0.05, 0.1) is 6.61 Å². The molecule has 1 aromatic heterocycles. The van der Waals surface area contributed by atoms with Crippen molar-refractivity contribution in [1.29, 1.82) is 0 Å². The Labute approximate surface area is 99.4 Å². The van der Waals surface area contributed by atoms with E-state index in [1.807, 2.05) is 13.0 Å². The second-order valence-electron chi connectivity index (χ2n) is 3.35. The molecule has 0 unspecified atom stereocenters. The van der Waals surface area contributed by atoms with Crippen LogP contribution in [0.1, 0.15) is 38.9 Å². The lowest BCUT2D eigenvalue weighted by molar-refractivity contribution is 0.293. The van der Waals surface area contributed by atoms with Crippen molar-refractivity contribution in [2.75, 3.05) is 6.61 Å². The average molecular weight is 273 g/mol. The Hall–Kier alpha value is -0.640. The van der Waals surface area contributed by atoms with E-state index >= 15 is 0 Å². The van der Waals surface area contributed by atoms with Gasteiger partial charge in [0.25, 0.3) is 0 Å². The van der Waals surface area contributed by atoms with Crippen molar-refractivity contribution in [2.45, 2.75) is 39.5 Å². The van der Waals surface area contributed by atoms with Gasteiger partial charge in [-0.3, -0.25) is 0 Å². The summed E-state index contributed by atoms with van der Waals surface area (Å²) in [5, 5.41) is 0. The van der Waals surface area contributed by atoms with Gasteiger partial charge in [-0.05, 0) is 22.4 Å². The normalized spacial score (nSPS) is 10.3. The van der Waals surface area contributed by atoms with Crippen molar-refractivity contribution in [3.63, 3.8) is 0 Å². The number of unbranched alkanes of at least 4 members (excludes halogenated alkanes) is 2. The topological polar surface area (TPSA) is 35.0 Å². The average Bonchev–Trinajstić information content (AvgIpc) is 2.23. The maximum atomic E-state index is 5.55. The van der Waals surface area contributed by atoms with Crippen LogP contribution in [0.15, 0.2) is 10.7 Å². The van der Waals surface area contributed by atoms with Crippen molar-refractivity contribution in [2.24, 2.45) is 0 Å². The lowest BCUT2D eigenvalue weighted by atomic mass is 10.3. The molecule has 0 amide bonds. The van der Waals surface area contributed by atoms with Gasteiger partial charge in [-0.2, -0.15) is 4.98 Å². The fraction of sp³-hybridized carbons (Fsp3) is 0.636. The molecule has 84 valence electrons. The van der Waals surface area contributed by atoms with E-state index in [4.69, 9.17) is 4.74 Å². The number of aryl methyl sites for hydroxylation is 1. The van der Waals surface area contributed by atoms with E-state index < -0.39 is 0 Å². The van der Waals surface area contributed by atoms with Crippen molar-refractivity contribution < 1.29 is 4.74 Å². The zero-order chi connectivity index (χ0) is 11.1. The summed E-state index contributed by atoms with van der Waals surface area (Å²) >= 11 is 3.35. The first-order valence-electron chi connectivity index (χ1n) is 5.42. The van der Waals surface area contributed by atoms with Crippen LogP contribution >= 0.6 is 15.9 Å². The Bertz CT molecular complexity index is 305. The van der Waals surface area contributed by atoms with Gasteiger partial charge in [0.2, 0.25) is 5.88 Å². The van der Waals surface area contributed by atoms with Gasteiger partial charge < -0.3 is 4.74 Å². The zero-order valence-corrected chi connectivity index (χ0v) is 10.9. The molecule has 3 nitrogen and oxygen atoms in total. The van der Waals surface area contributed by atoms with Gasteiger partial charge in [0, 0.05) is 12.5 Å². The minimum Gasteiger partial charge on any atom is -0.478 e. The summed E-state index contributed by atoms with van der Waals surface area (Å²) in [6, 6.07) is 1.81. The molecule has 0 aliphatic heterocycles. The SMILES string of the molecule is CCCCCOc1cc(Br)nc(CC)n1. The fourth-order valence-corrected chi connectivity index (χ4v) is 1.60. The number of halogens is 1. The van der Waals surface area contributed by atoms with E-state index in [0.717, 1.165) is 29.9 Å². The number of hydrogen-bond donors (Lipinski definition) is 0. The third-order valence-electron chi connectivity index (χ3n) is 2.03. The molecule has 1 rings (SSSR count). The largest absolute Gasteiger partial charge is 0.478 e. The van der Waals surface area contributed by atoms with E-state index in [1.165, 1.54) is 12.8 Å². The summed E-state index contributed by atoms with van der Waals surface area (Å²) in [5.74, 6) is 1.49. The lowest BCUT2D eigenvalue weighted by Gasteiger charge is -2.06. The molecule has 0 aromatic carbocycles. The third kappa shape index (κ3) is 4.60. The highest BCUT2D eigenvalue weighted by atomic mass is 79.9. The van der Waals surface area contributed by atoms with Crippen molar-refractivity contribution in [3.05, 3.63) is 16.5 Å². The molecule has 1 heterocycles. The van der Waals surface area contributed by atoms with Crippen LogP contribution in [0.5, 0.6) is 5.88 Å². The van der Waals surface area contributed by atoms with Crippen LogP contribution in [0.2, 0.25) is 0 Å². The molecule has 0 saturated carbocycles. The van der Waals surface area contributed by atoms with E-state index in [-0.39, 0.29) is 0 Å². The van der Waals surface area contributed by atoms with Crippen LogP contribution in [0.4, 0.5) is 0 Å². The van der Waals surface area contributed by atoms with Crippen LogP contribution in [-0.2, 0) is 6.42 Å². The highest BCUT2D eigenvalue weighted by Gasteiger charge is 2.01. The van der Waals surface area contributed by atoms with Gasteiger partial charge in [0.1, 0.15) is 10.4 Å². The Morgan fingerprint density at radius 2 is 2.07 bits per heavy atom. The van der Waals surface area contributed by atoms with E-state index in [2.05, 4.69) is 32.8 Å². The Morgan fingerprint density at radius 3 is 2.73 bits per heavy atom. The van der Waals surface area contributed by atoms with Crippen LogP contribution in [-0.4, -0.2) is 16.6 Å². The highest BCUT2D eigenvalue weighted by molar-refractivity contribution is 9.10. The Balaban J connectivity index is 2.49. The third-order valence-corrected chi connectivity index (χ3v) is 2.44. The maximum absolute atomic E-state index is 5.55. The number of nitrogens with zero attached hydrogens (tertiary/aromatic N) is 2. The molecule has 0 fully saturated rings. The van der Waals surface area contributed by atoms with Crippen LogP contribution in [0.25, 0.3) is 0 Å². The van der Waals surface area contributed by atoms with Crippen molar-refractivity contribution >= 4 is 15.9 Å². The molecule has 1 aromatic rings. The van der Waals surface area contributed by atoms with Gasteiger partial charge in [-0.25, -0.2) is 4.98 Å². The molecular formula is C11H17BrN2O. The van der Waals surface area contributed by atoms with Gasteiger partial charge in [-0.1, -0.05) is 26.7 Å². The van der Waals surface area contributed by atoms with Crippen molar-refractivity contribution in [1.82, 2.24) is 9.97 Å². The summed E-state index contributed by atoms with van der Waals surface area (Å²) in [4.78, 5) is 8.51. The van der Waals surface area contributed by atoms with Gasteiger partial charge in [0.15, 0.2) is 0 Å². The fourth-order valence-electron chi connectivity index (χ4n) is 1.20. The van der Waals surface area contributed by atoms with Crippen LogP contribution in [0, 0.1) is 0 Å². The summed E-state index contributed by atoms with van der Waals surface area (Å²) < 4.78 is 6.34. The summed E-state index contributed by atoms with van der Waals surface area (Å²) in [6.45, 7) is 4.94. The minimum absolute atomic E-state index is 0.671. The second kappa shape index (κ2) is 6.77. The zero-order valence-electron chi connectivity index (χ0n) is 9.29. The Kier molecular flexibility index (Phi) is 5.61. The smallest absolute Gasteiger partial charge is 0.217 e. The molecule has 0 aliphatic carbocycles. The molecule has 0 bridgehead atoms. The quantitative estimate of drug-likeness (QED) is 0.588. The monoisotopic (exact) mass is 272 g/mol. The van der Waals surface area contributed by atoms with Gasteiger partial charge in [-0.15, -0.1) is 0 Å². The second-order valence-corrected chi connectivity index (χ2v) is 4.17. The maximum Gasteiger partial charge on any atom is 0.217 e. The van der Waals surface area contributed by atoms with Crippen LogP contribution < -0.4 is 4.74 Å². The Morgan fingerprint density at radius 1 is 1.27 bits per heavy atom. The first-order valence-corrected chi connectivity index (χ1v) is 6.21. The minimum atomic E-state index is 0.671. The highest BCUT2D eigenvalue weighted by Crippen LogP contribution is 2.15. The van der Waals surface area contributed by atoms with E-state index in [0.29, 0.717) is 5.88 Å². The number of aromatic nitrogens is 2. The molecular weight excluding hydrogens is 256 g/mol. The summed E-state index contributed by atoms with van der Waals surface area (Å²) in [5.41, 5.74) is 0. The summed E-state index contributed by atoms with van der Waals surface area (Å²) in [6.07, 6.45) is 4.31. The number of rotatable bonds is 6. The molecule has 4 heteroatoms. The molecule has 0 atom stereocenters. The van der Waals surface area contributed by atoms with E-state index in [9.17, 15) is 0 Å². The molecule has 0 saturated heterocycles. The first kappa shape index (κ1) is 12.4. The van der Waals surface area contributed by atoms with Crippen molar-refractivity contribution in [3.8, 4) is 5.88 Å². The molecule has 0 spiro atoms. The lowest BCUT2D eigenvalue weighted by Crippen LogP contribution is -2.02. The first-order chi connectivity index (χ1) is 7.26.